The van der Waals surface area contributed by atoms with E-state index in [4.69, 9.17) is 16.0 Å². The highest BCUT2D eigenvalue weighted by Crippen LogP contribution is 2.44. The van der Waals surface area contributed by atoms with E-state index < -0.39 is 21.1 Å². The summed E-state index contributed by atoms with van der Waals surface area (Å²) in [6.45, 7) is 1.20. The van der Waals surface area contributed by atoms with Crippen LogP contribution in [0.2, 0.25) is 5.02 Å². The molecule has 0 bridgehead atoms. The lowest BCUT2D eigenvalue weighted by molar-refractivity contribution is 0.256. The lowest BCUT2D eigenvalue weighted by Crippen LogP contribution is -2.34. The molecular weight excluding hydrogens is 404 g/mol. The van der Waals surface area contributed by atoms with Crippen LogP contribution >= 0.6 is 11.6 Å². The molecule has 7 nitrogen and oxygen atoms in total. The molecule has 28 heavy (non-hydrogen) atoms. The Balaban J connectivity index is 1.61. The minimum absolute atomic E-state index is 0.289. The number of aryl methyl sites for hydroxylation is 1. The summed E-state index contributed by atoms with van der Waals surface area (Å²) in [5, 5.41) is 12.4. The molecule has 0 saturated carbocycles. The summed E-state index contributed by atoms with van der Waals surface area (Å²) in [6, 6.07) is 0.368. The fourth-order valence-corrected chi connectivity index (χ4v) is 5.47. The molecule has 9 heteroatoms. The van der Waals surface area contributed by atoms with E-state index in [0.717, 1.165) is 65.8 Å². The number of anilines is 1. The van der Waals surface area contributed by atoms with Crippen molar-refractivity contribution < 1.29 is 22.7 Å². The van der Waals surface area contributed by atoms with Gasteiger partial charge in [0.1, 0.15) is 5.76 Å². The van der Waals surface area contributed by atoms with Crippen molar-refractivity contribution in [2.45, 2.75) is 57.1 Å². The lowest BCUT2D eigenvalue weighted by Gasteiger charge is -2.18. The van der Waals surface area contributed by atoms with Crippen molar-refractivity contribution in [2.75, 3.05) is 5.32 Å². The number of benzene rings is 1. The average Bonchev–Trinajstić information content (AvgIpc) is 3.37. The molecule has 4 rings (SSSR count). The molecule has 0 fully saturated rings. The molecule has 0 aliphatic heterocycles. The molecule has 0 unspecified atom stereocenters. The van der Waals surface area contributed by atoms with E-state index >= 15 is 0 Å². The minimum Gasteiger partial charge on any atom is -0.448 e. The number of amides is 2. The molecule has 1 heterocycles. The van der Waals surface area contributed by atoms with E-state index in [1.165, 1.54) is 6.07 Å². The van der Waals surface area contributed by atoms with Gasteiger partial charge in [0.05, 0.1) is 6.61 Å². The molecule has 0 atom stereocenters. The largest absolute Gasteiger partial charge is 0.448 e. The predicted molar refractivity (Wildman–Crippen MR) is 104 cm³/mol. The van der Waals surface area contributed by atoms with Crippen molar-refractivity contribution in [1.82, 2.24) is 4.72 Å². The predicted octanol–water partition coefficient (Wildman–Crippen LogP) is 3.22. The quantitative estimate of drug-likeness (QED) is 0.698. The number of carbonyl (C=O) groups excluding carboxylic acids is 1. The Morgan fingerprint density at radius 2 is 1.71 bits per heavy atom. The van der Waals surface area contributed by atoms with Gasteiger partial charge >= 0.3 is 6.03 Å². The van der Waals surface area contributed by atoms with Crippen LogP contribution in [0.5, 0.6) is 0 Å². The first-order chi connectivity index (χ1) is 13.3. The first-order valence-corrected chi connectivity index (χ1v) is 11.1. The van der Waals surface area contributed by atoms with Crippen molar-refractivity contribution >= 4 is 33.3 Å². The third-order valence-electron chi connectivity index (χ3n) is 5.47. The maximum absolute atomic E-state index is 12.5. The maximum Gasteiger partial charge on any atom is 0.333 e. The van der Waals surface area contributed by atoms with Gasteiger partial charge in [-0.15, -0.1) is 0 Å². The average molecular weight is 425 g/mol. The summed E-state index contributed by atoms with van der Waals surface area (Å²) in [5.41, 5.74) is 5.20. The molecule has 2 amide bonds. The van der Waals surface area contributed by atoms with Gasteiger partial charge in [0.15, 0.2) is 0 Å². The Morgan fingerprint density at radius 3 is 2.25 bits per heavy atom. The molecule has 3 N–H and O–H groups in total. The van der Waals surface area contributed by atoms with Gasteiger partial charge in [-0.05, 0) is 67.7 Å². The van der Waals surface area contributed by atoms with Gasteiger partial charge in [-0.2, -0.15) is 8.42 Å². The first-order valence-electron chi connectivity index (χ1n) is 9.20. The molecule has 0 saturated heterocycles. The van der Waals surface area contributed by atoms with Crippen molar-refractivity contribution in [3.8, 4) is 0 Å². The van der Waals surface area contributed by atoms with Crippen molar-refractivity contribution in [1.29, 1.82) is 0 Å². The molecule has 0 radical (unpaired) electrons. The number of nitrogens with one attached hydrogen (secondary N) is 2. The van der Waals surface area contributed by atoms with Crippen LogP contribution in [0.25, 0.3) is 0 Å². The van der Waals surface area contributed by atoms with Gasteiger partial charge in [0, 0.05) is 22.3 Å². The van der Waals surface area contributed by atoms with E-state index in [9.17, 15) is 18.3 Å². The number of furan rings is 1. The molecule has 1 aromatic heterocycles. The summed E-state index contributed by atoms with van der Waals surface area (Å²) < 4.78 is 32.1. The Kier molecular flexibility index (Phi) is 4.89. The Bertz CT molecular complexity index is 1040. The zero-order valence-corrected chi connectivity index (χ0v) is 17.0. The molecule has 150 valence electrons. The standard InChI is InChI=1S/C19H21ClN2O5S/c1-10-11(9-23)8-16(27-10)28(25,26)22-19(24)21-18-14-6-2-4-12(14)17(20)13-5-3-7-15(13)18/h8,23H,2-7,9H2,1H3,(H2,21,22,24). The molecule has 2 aromatic rings. The van der Waals surface area contributed by atoms with E-state index in [1.807, 2.05) is 4.72 Å². The van der Waals surface area contributed by atoms with Crippen molar-refractivity contribution in [3.63, 3.8) is 0 Å². The highest BCUT2D eigenvalue weighted by Gasteiger charge is 2.30. The van der Waals surface area contributed by atoms with Gasteiger partial charge in [-0.3, -0.25) is 0 Å². The van der Waals surface area contributed by atoms with Crippen LogP contribution in [-0.4, -0.2) is 19.6 Å². The number of halogens is 1. The summed E-state index contributed by atoms with van der Waals surface area (Å²) in [4.78, 5) is 12.5. The smallest absolute Gasteiger partial charge is 0.333 e. The van der Waals surface area contributed by atoms with Crippen LogP contribution in [0, 0.1) is 6.92 Å². The first kappa shape index (κ1) is 19.3. The minimum atomic E-state index is -4.19. The monoisotopic (exact) mass is 424 g/mol. The number of rotatable bonds is 4. The van der Waals surface area contributed by atoms with Crippen molar-refractivity contribution in [3.05, 3.63) is 44.7 Å². The molecule has 2 aliphatic rings. The third kappa shape index (κ3) is 3.19. The van der Waals surface area contributed by atoms with E-state index in [-0.39, 0.29) is 12.4 Å². The fraction of sp³-hybridized carbons (Fsp3) is 0.421. The second-order valence-electron chi connectivity index (χ2n) is 7.17. The Hall–Kier alpha value is -2.03. The summed E-state index contributed by atoms with van der Waals surface area (Å²) in [6.07, 6.45) is 5.27. The number of carbonyl (C=O) groups is 1. The highest BCUT2D eigenvalue weighted by molar-refractivity contribution is 7.89. The second-order valence-corrected chi connectivity index (χ2v) is 9.17. The van der Waals surface area contributed by atoms with Crippen LogP contribution < -0.4 is 10.0 Å². The van der Waals surface area contributed by atoms with Gasteiger partial charge in [0.25, 0.3) is 10.0 Å². The maximum atomic E-state index is 12.5. The number of urea groups is 1. The van der Waals surface area contributed by atoms with Gasteiger partial charge in [-0.1, -0.05) is 11.6 Å². The number of hydrogen-bond acceptors (Lipinski definition) is 5. The number of fused-ring (bicyclic) bond motifs is 2. The van der Waals surface area contributed by atoms with Crippen LogP contribution in [0.3, 0.4) is 0 Å². The summed E-state index contributed by atoms with van der Waals surface area (Å²) in [5.74, 6) is 0.289. The molecule has 0 spiro atoms. The SMILES string of the molecule is Cc1oc(S(=O)(=O)NC(=O)Nc2c3c(c(Cl)c4c2CCC4)CCC3)cc1CO. The molecule has 2 aliphatic carbocycles. The summed E-state index contributed by atoms with van der Waals surface area (Å²) >= 11 is 6.57. The topological polar surface area (TPSA) is 109 Å². The zero-order valence-electron chi connectivity index (χ0n) is 15.4. The number of sulfonamides is 1. The van der Waals surface area contributed by atoms with E-state index in [2.05, 4.69) is 5.32 Å². The number of aliphatic hydroxyl groups is 1. The molecular formula is C19H21ClN2O5S. The van der Waals surface area contributed by atoms with Gasteiger partial charge < -0.3 is 14.8 Å². The van der Waals surface area contributed by atoms with Crippen LogP contribution in [0.15, 0.2) is 15.6 Å². The van der Waals surface area contributed by atoms with Crippen molar-refractivity contribution in [2.24, 2.45) is 0 Å². The summed E-state index contributed by atoms with van der Waals surface area (Å²) in [7, 11) is -4.19. The fourth-order valence-electron chi connectivity index (χ4n) is 4.13. The highest BCUT2D eigenvalue weighted by atomic mass is 35.5. The Labute approximate surface area is 168 Å². The lowest BCUT2D eigenvalue weighted by atomic mass is 9.98. The van der Waals surface area contributed by atoms with Gasteiger partial charge in [0.2, 0.25) is 5.09 Å². The zero-order chi connectivity index (χ0) is 20.1. The number of hydrogen-bond donors (Lipinski definition) is 3. The van der Waals surface area contributed by atoms with E-state index in [0.29, 0.717) is 11.3 Å². The molecule has 1 aromatic carbocycles. The normalized spacial score (nSPS) is 15.4. The van der Waals surface area contributed by atoms with Crippen LogP contribution in [-0.2, 0) is 42.3 Å². The second kappa shape index (κ2) is 7.09. The van der Waals surface area contributed by atoms with E-state index in [1.54, 1.807) is 6.92 Å². The van der Waals surface area contributed by atoms with Crippen LogP contribution in [0.1, 0.15) is 46.4 Å². The number of aliphatic hydroxyl groups excluding tert-OH is 1. The van der Waals surface area contributed by atoms with Crippen LogP contribution in [0.4, 0.5) is 10.5 Å². The van der Waals surface area contributed by atoms with Gasteiger partial charge in [-0.25, -0.2) is 9.52 Å². The Morgan fingerprint density at radius 1 is 1.14 bits per heavy atom. The third-order valence-corrected chi connectivity index (χ3v) is 7.11.